The topological polar surface area (TPSA) is 127 Å². The normalized spacial score (nSPS) is 12.1. The minimum Gasteiger partial charge on any atom is -0.351 e. The largest absolute Gasteiger partial charge is 0.351 e. The summed E-state index contributed by atoms with van der Waals surface area (Å²) in [5.74, 6) is -0.982. The maximum atomic E-state index is 13.0. The third-order valence-electron chi connectivity index (χ3n) is 3.80. The van der Waals surface area contributed by atoms with E-state index in [2.05, 4.69) is 5.32 Å². The summed E-state index contributed by atoms with van der Waals surface area (Å²) in [5.41, 5.74) is 1.16. The first-order chi connectivity index (χ1) is 12.9. The standard InChI is InChI=1S/C17H20FN3O5S2/c1-27(23,24)21(11-14-2-6-15(18)7-3-14)12-17(22)20-10-13-4-8-16(9-5-13)28(19,25)26/h2-9H,10-12H2,1H3,(H,20,22)(H2,19,25,26). The molecule has 0 aliphatic rings. The van der Waals surface area contributed by atoms with Crippen LogP contribution in [0.5, 0.6) is 0 Å². The van der Waals surface area contributed by atoms with Crippen molar-refractivity contribution in [3.8, 4) is 0 Å². The second-order valence-electron chi connectivity index (χ2n) is 6.12. The quantitative estimate of drug-likeness (QED) is 0.634. The van der Waals surface area contributed by atoms with Crippen LogP contribution in [0.15, 0.2) is 53.4 Å². The van der Waals surface area contributed by atoms with E-state index in [0.717, 1.165) is 10.6 Å². The molecule has 0 saturated heterocycles. The zero-order valence-corrected chi connectivity index (χ0v) is 16.6. The highest BCUT2D eigenvalue weighted by Gasteiger charge is 2.20. The lowest BCUT2D eigenvalue weighted by Crippen LogP contribution is -2.39. The Bertz CT molecular complexity index is 1040. The molecule has 0 atom stereocenters. The Labute approximate surface area is 163 Å². The van der Waals surface area contributed by atoms with Crippen molar-refractivity contribution in [1.29, 1.82) is 0 Å². The molecule has 0 aromatic heterocycles. The van der Waals surface area contributed by atoms with Gasteiger partial charge in [-0.15, -0.1) is 0 Å². The number of nitrogens with one attached hydrogen (secondary N) is 1. The summed E-state index contributed by atoms with van der Waals surface area (Å²) < 4.78 is 60.3. The highest BCUT2D eigenvalue weighted by molar-refractivity contribution is 7.89. The summed E-state index contributed by atoms with van der Waals surface area (Å²) >= 11 is 0. The third-order valence-corrected chi connectivity index (χ3v) is 5.93. The fourth-order valence-corrected chi connectivity index (χ4v) is 3.55. The van der Waals surface area contributed by atoms with E-state index in [9.17, 15) is 26.0 Å². The average Bonchev–Trinajstić information content (AvgIpc) is 2.60. The number of sulfonamides is 2. The van der Waals surface area contributed by atoms with Crippen molar-refractivity contribution in [3.63, 3.8) is 0 Å². The number of amides is 1. The smallest absolute Gasteiger partial charge is 0.238 e. The minimum atomic E-state index is -3.80. The number of nitrogens with zero attached hydrogens (tertiary/aromatic N) is 1. The van der Waals surface area contributed by atoms with Crippen molar-refractivity contribution in [2.45, 2.75) is 18.0 Å². The maximum absolute atomic E-state index is 13.0. The molecule has 11 heteroatoms. The van der Waals surface area contributed by atoms with Gasteiger partial charge in [0, 0.05) is 13.1 Å². The van der Waals surface area contributed by atoms with Crippen LogP contribution in [0.4, 0.5) is 4.39 Å². The Morgan fingerprint density at radius 1 is 1.00 bits per heavy atom. The first-order valence-electron chi connectivity index (χ1n) is 8.03. The van der Waals surface area contributed by atoms with Gasteiger partial charge in [0.1, 0.15) is 5.82 Å². The van der Waals surface area contributed by atoms with Crippen LogP contribution in [0.1, 0.15) is 11.1 Å². The predicted octanol–water partition coefficient (Wildman–Crippen LogP) is 0.551. The van der Waals surface area contributed by atoms with Gasteiger partial charge >= 0.3 is 0 Å². The van der Waals surface area contributed by atoms with Crippen LogP contribution in [-0.4, -0.2) is 39.8 Å². The van der Waals surface area contributed by atoms with Gasteiger partial charge in [-0.25, -0.2) is 26.4 Å². The molecule has 0 radical (unpaired) electrons. The molecule has 28 heavy (non-hydrogen) atoms. The average molecular weight is 429 g/mol. The number of hydrogen-bond donors (Lipinski definition) is 2. The molecular weight excluding hydrogens is 409 g/mol. The summed E-state index contributed by atoms with van der Waals surface area (Å²) in [4.78, 5) is 12.1. The summed E-state index contributed by atoms with van der Waals surface area (Å²) in [6, 6.07) is 10.9. The summed E-state index contributed by atoms with van der Waals surface area (Å²) in [6.07, 6.45) is 0.982. The number of benzene rings is 2. The van der Waals surface area contributed by atoms with Crippen LogP contribution in [0.2, 0.25) is 0 Å². The second-order valence-corrected chi connectivity index (χ2v) is 9.67. The fraction of sp³-hybridized carbons (Fsp3) is 0.235. The molecule has 8 nitrogen and oxygen atoms in total. The van der Waals surface area contributed by atoms with Crippen molar-refractivity contribution in [1.82, 2.24) is 9.62 Å². The Kier molecular flexibility index (Phi) is 6.88. The minimum absolute atomic E-state index is 0.0508. The van der Waals surface area contributed by atoms with E-state index >= 15 is 0 Å². The second kappa shape index (κ2) is 8.78. The van der Waals surface area contributed by atoms with Crippen molar-refractivity contribution >= 4 is 26.0 Å². The predicted molar refractivity (Wildman–Crippen MR) is 101 cm³/mol. The van der Waals surface area contributed by atoms with Gasteiger partial charge in [-0.1, -0.05) is 24.3 Å². The van der Waals surface area contributed by atoms with Crippen LogP contribution in [0.3, 0.4) is 0 Å². The van der Waals surface area contributed by atoms with Crippen molar-refractivity contribution in [2.24, 2.45) is 5.14 Å². The first kappa shape index (κ1) is 22.0. The zero-order chi connectivity index (χ0) is 20.9. The van der Waals surface area contributed by atoms with Crippen molar-refractivity contribution in [2.75, 3.05) is 12.8 Å². The van der Waals surface area contributed by atoms with E-state index < -0.39 is 38.3 Å². The van der Waals surface area contributed by atoms with E-state index in [1.807, 2.05) is 0 Å². The number of hydrogen-bond acceptors (Lipinski definition) is 5. The van der Waals surface area contributed by atoms with Crippen molar-refractivity contribution in [3.05, 3.63) is 65.5 Å². The molecule has 0 saturated carbocycles. The van der Waals surface area contributed by atoms with Crippen LogP contribution in [0, 0.1) is 5.82 Å². The number of rotatable bonds is 8. The molecule has 2 aromatic rings. The molecule has 1 amide bonds. The molecule has 3 N–H and O–H groups in total. The van der Waals surface area contributed by atoms with Gasteiger partial charge in [0.05, 0.1) is 17.7 Å². The number of halogens is 1. The SMILES string of the molecule is CS(=O)(=O)N(CC(=O)NCc1ccc(S(N)(=O)=O)cc1)Cc1ccc(F)cc1. The summed E-state index contributed by atoms with van der Waals surface area (Å²) in [5, 5.41) is 7.58. The number of carbonyl (C=O) groups excluding carboxylic acids is 1. The van der Waals surface area contributed by atoms with Crippen LogP contribution in [-0.2, 0) is 37.9 Å². The van der Waals surface area contributed by atoms with Gasteiger partial charge in [0.15, 0.2) is 0 Å². The molecule has 0 aliphatic heterocycles. The summed E-state index contributed by atoms with van der Waals surface area (Å²) in [6.45, 7) is -0.404. The van der Waals surface area contributed by atoms with E-state index in [0.29, 0.717) is 11.1 Å². The molecule has 0 spiro atoms. The van der Waals surface area contributed by atoms with Gasteiger partial charge in [-0.3, -0.25) is 4.79 Å². The molecule has 152 valence electrons. The van der Waals surface area contributed by atoms with E-state index in [1.54, 1.807) is 0 Å². The van der Waals surface area contributed by atoms with Gasteiger partial charge in [0.2, 0.25) is 26.0 Å². The number of carbonyl (C=O) groups is 1. The monoisotopic (exact) mass is 429 g/mol. The number of primary sulfonamides is 1. The highest BCUT2D eigenvalue weighted by atomic mass is 32.2. The Balaban J connectivity index is 1.99. The lowest BCUT2D eigenvalue weighted by atomic mass is 10.2. The van der Waals surface area contributed by atoms with E-state index in [-0.39, 0.29) is 18.0 Å². The molecule has 0 bridgehead atoms. The first-order valence-corrected chi connectivity index (χ1v) is 11.4. The Morgan fingerprint density at radius 3 is 2.04 bits per heavy atom. The lowest BCUT2D eigenvalue weighted by Gasteiger charge is -2.19. The molecule has 2 rings (SSSR count). The molecule has 0 heterocycles. The lowest BCUT2D eigenvalue weighted by molar-refractivity contribution is -0.121. The Morgan fingerprint density at radius 2 is 1.54 bits per heavy atom. The molecular formula is C17H20FN3O5S2. The Hall–Kier alpha value is -2.34. The van der Waals surface area contributed by atoms with Crippen LogP contribution in [0.25, 0.3) is 0 Å². The van der Waals surface area contributed by atoms with Gasteiger partial charge in [-0.2, -0.15) is 4.31 Å². The molecule has 0 aliphatic carbocycles. The van der Waals surface area contributed by atoms with Crippen molar-refractivity contribution < 1.29 is 26.0 Å². The molecule has 2 aromatic carbocycles. The van der Waals surface area contributed by atoms with Crippen LogP contribution >= 0.6 is 0 Å². The zero-order valence-electron chi connectivity index (χ0n) is 15.0. The maximum Gasteiger partial charge on any atom is 0.238 e. The van der Waals surface area contributed by atoms with Crippen LogP contribution < -0.4 is 10.5 Å². The molecule has 0 fully saturated rings. The van der Waals surface area contributed by atoms with E-state index in [4.69, 9.17) is 5.14 Å². The summed E-state index contributed by atoms with van der Waals surface area (Å²) in [7, 11) is -7.47. The van der Waals surface area contributed by atoms with E-state index in [1.165, 1.54) is 48.5 Å². The van der Waals surface area contributed by atoms with Gasteiger partial charge in [0.25, 0.3) is 0 Å². The molecule has 0 unspecified atom stereocenters. The third kappa shape index (κ3) is 6.68. The number of nitrogens with two attached hydrogens (primary N) is 1. The van der Waals surface area contributed by atoms with Gasteiger partial charge < -0.3 is 5.32 Å². The highest BCUT2D eigenvalue weighted by Crippen LogP contribution is 2.11. The fourth-order valence-electron chi connectivity index (χ4n) is 2.30. The van der Waals surface area contributed by atoms with Gasteiger partial charge in [-0.05, 0) is 35.4 Å².